The number of allylic oxidation sites excluding steroid dienone is 1. The number of hydrogen-bond acceptors (Lipinski definition) is 3. The average molecular weight is 565 g/mol. The number of carbonyl (C=O) groups is 1. The minimum atomic E-state index is -3.94. The molecule has 0 amide bonds. The van der Waals surface area contributed by atoms with E-state index in [1.54, 1.807) is 5.57 Å². The lowest BCUT2D eigenvalue weighted by Gasteiger charge is -2.58. The Kier molecular flexibility index (Phi) is 10.2. The molecule has 4 aliphatic rings. The van der Waals surface area contributed by atoms with E-state index >= 15 is 0 Å². The third-order valence-corrected chi connectivity index (χ3v) is 12.8. The van der Waals surface area contributed by atoms with E-state index in [2.05, 4.69) is 40.7 Å². The van der Waals surface area contributed by atoms with Crippen LogP contribution in [0.15, 0.2) is 11.6 Å². The van der Waals surface area contributed by atoms with Gasteiger partial charge in [0.05, 0.1) is 0 Å². The van der Waals surface area contributed by atoms with Crippen molar-refractivity contribution in [1.82, 2.24) is 0 Å². The highest BCUT2D eigenvalue weighted by Crippen LogP contribution is 2.67. The van der Waals surface area contributed by atoms with Gasteiger partial charge in [-0.2, -0.15) is 0 Å². The van der Waals surface area contributed by atoms with E-state index < -0.39 is 7.60 Å². The van der Waals surface area contributed by atoms with Gasteiger partial charge in [-0.1, -0.05) is 72.0 Å². The molecule has 0 unspecified atom stereocenters. The Bertz CT molecular complexity index is 923. The fourth-order valence-electron chi connectivity index (χ4n) is 9.76. The van der Waals surface area contributed by atoms with Crippen molar-refractivity contribution in [3.05, 3.63) is 11.6 Å². The molecule has 0 saturated heterocycles. The second-order valence-electron chi connectivity index (χ2n) is 14.8. The number of rotatable bonds is 12. The highest BCUT2D eigenvalue weighted by Gasteiger charge is 2.59. The van der Waals surface area contributed by atoms with Gasteiger partial charge in [-0.3, -0.25) is 9.36 Å². The summed E-state index contributed by atoms with van der Waals surface area (Å²) in [6, 6.07) is 0. The van der Waals surface area contributed by atoms with E-state index in [0.29, 0.717) is 31.1 Å². The second-order valence-corrected chi connectivity index (χ2v) is 16.6. The smallest absolute Gasteiger partial charge is 0.325 e. The summed E-state index contributed by atoms with van der Waals surface area (Å²) in [5.74, 6) is 4.85. The quantitative estimate of drug-likeness (QED) is 0.107. The van der Waals surface area contributed by atoms with Crippen LogP contribution in [0.2, 0.25) is 0 Å². The van der Waals surface area contributed by atoms with Crippen molar-refractivity contribution in [2.75, 3.05) is 6.16 Å². The third kappa shape index (κ3) is 7.23. The van der Waals surface area contributed by atoms with E-state index in [0.717, 1.165) is 54.8 Å². The van der Waals surface area contributed by atoms with Crippen LogP contribution in [0.1, 0.15) is 131 Å². The van der Waals surface area contributed by atoms with E-state index in [9.17, 15) is 9.36 Å². The SMILES string of the molecule is CC(C)CCC[C@@H](C)[C@H]1CC[C@H]2[C@@H]3CC=C4C[C@@H](OC(=O)CCCCCP(=O)(O)O)CC[C@]4(C)[C@H]3CC[C@]12C. The van der Waals surface area contributed by atoms with E-state index in [1.165, 1.54) is 51.4 Å². The summed E-state index contributed by atoms with van der Waals surface area (Å²) in [5, 5.41) is 0. The summed E-state index contributed by atoms with van der Waals surface area (Å²) in [7, 11) is -3.94. The first-order valence-electron chi connectivity index (χ1n) is 16.3. The molecule has 5 nitrogen and oxygen atoms in total. The monoisotopic (exact) mass is 564 g/mol. The predicted molar refractivity (Wildman–Crippen MR) is 158 cm³/mol. The average Bonchev–Trinajstić information content (AvgIpc) is 3.20. The van der Waals surface area contributed by atoms with Crippen molar-refractivity contribution in [1.29, 1.82) is 0 Å². The molecule has 224 valence electrons. The van der Waals surface area contributed by atoms with Gasteiger partial charge in [0.2, 0.25) is 0 Å². The zero-order chi connectivity index (χ0) is 28.4. The number of unbranched alkanes of at least 4 members (excludes halogenated alkanes) is 2. The molecule has 0 aromatic heterocycles. The molecule has 0 aromatic rings. The summed E-state index contributed by atoms with van der Waals surface area (Å²) in [4.78, 5) is 30.4. The van der Waals surface area contributed by atoms with Crippen molar-refractivity contribution in [2.45, 2.75) is 137 Å². The lowest BCUT2D eigenvalue weighted by Crippen LogP contribution is -2.51. The van der Waals surface area contributed by atoms with Crippen LogP contribution in [-0.4, -0.2) is 28.0 Å². The van der Waals surface area contributed by atoms with Gasteiger partial charge in [0.1, 0.15) is 6.10 Å². The first-order valence-corrected chi connectivity index (χ1v) is 18.1. The van der Waals surface area contributed by atoms with Gasteiger partial charge in [-0.25, -0.2) is 0 Å². The number of esters is 1. The van der Waals surface area contributed by atoms with Gasteiger partial charge in [0, 0.05) is 19.0 Å². The highest BCUT2D eigenvalue weighted by molar-refractivity contribution is 7.51. The Hall–Kier alpha value is -0.640. The Labute approximate surface area is 238 Å². The summed E-state index contributed by atoms with van der Waals surface area (Å²) in [6.45, 7) is 12.4. The number of carbonyl (C=O) groups excluding carboxylic acids is 1. The van der Waals surface area contributed by atoms with Gasteiger partial charge in [0.25, 0.3) is 0 Å². The lowest BCUT2D eigenvalue weighted by molar-refractivity contribution is -0.151. The maximum absolute atomic E-state index is 12.5. The minimum absolute atomic E-state index is 0.0140. The standard InChI is InChI=1S/C33H57O5P/c1-23(2)10-9-11-24(3)28-15-16-29-27-14-13-25-22-26(38-31(34)12-7-6-8-21-39(35,36)37)17-19-32(25,4)30(27)18-20-33(28,29)5/h13,23-24,26-30H,6-12,14-22H2,1-5H3,(H2,35,36,37)/t24-,26+,27+,28-,29+,30+,32+,33-/m1/s1. The largest absolute Gasteiger partial charge is 0.462 e. The number of hydrogen-bond donors (Lipinski definition) is 2. The normalized spacial score (nSPS) is 37.0. The summed E-state index contributed by atoms with van der Waals surface area (Å²) >= 11 is 0. The molecule has 3 saturated carbocycles. The molecule has 0 spiro atoms. The van der Waals surface area contributed by atoms with Crippen LogP contribution in [0, 0.1) is 46.3 Å². The molecule has 3 fully saturated rings. The molecular formula is C33H57O5P. The zero-order valence-electron chi connectivity index (χ0n) is 25.5. The molecule has 0 heterocycles. The maximum Gasteiger partial charge on any atom is 0.325 e. The van der Waals surface area contributed by atoms with Crippen molar-refractivity contribution in [3.63, 3.8) is 0 Å². The fraction of sp³-hybridized carbons (Fsp3) is 0.909. The molecule has 39 heavy (non-hydrogen) atoms. The molecule has 0 bridgehead atoms. The van der Waals surface area contributed by atoms with E-state index in [1.807, 2.05) is 0 Å². The Morgan fingerprint density at radius 1 is 1.00 bits per heavy atom. The van der Waals surface area contributed by atoms with Gasteiger partial charge in [-0.05, 0) is 104 Å². The molecule has 0 radical (unpaired) electrons. The van der Waals surface area contributed by atoms with Crippen LogP contribution >= 0.6 is 7.60 Å². The Morgan fingerprint density at radius 3 is 2.49 bits per heavy atom. The molecule has 0 aromatic carbocycles. The van der Waals surface area contributed by atoms with E-state index in [-0.39, 0.29) is 23.7 Å². The van der Waals surface area contributed by atoms with Gasteiger partial charge in [0.15, 0.2) is 0 Å². The van der Waals surface area contributed by atoms with Crippen LogP contribution in [0.5, 0.6) is 0 Å². The molecule has 8 atom stereocenters. The first kappa shape index (κ1) is 31.3. The topological polar surface area (TPSA) is 83.8 Å². The zero-order valence-corrected chi connectivity index (χ0v) is 26.4. The molecule has 2 N–H and O–H groups in total. The van der Waals surface area contributed by atoms with Crippen molar-refractivity contribution in [3.8, 4) is 0 Å². The Morgan fingerprint density at radius 2 is 1.77 bits per heavy atom. The van der Waals surface area contributed by atoms with Crippen LogP contribution in [0.25, 0.3) is 0 Å². The summed E-state index contributed by atoms with van der Waals surface area (Å²) in [5.41, 5.74) is 2.32. The first-order chi connectivity index (χ1) is 18.3. The molecule has 4 aliphatic carbocycles. The maximum atomic E-state index is 12.5. The van der Waals surface area contributed by atoms with Crippen molar-refractivity contribution in [2.24, 2.45) is 46.3 Å². The van der Waals surface area contributed by atoms with Crippen molar-refractivity contribution < 1.29 is 23.9 Å². The highest BCUT2D eigenvalue weighted by atomic mass is 31.2. The molecule has 4 rings (SSSR count). The van der Waals surface area contributed by atoms with Crippen LogP contribution in [0.4, 0.5) is 0 Å². The van der Waals surface area contributed by atoms with Gasteiger partial charge in [-0.15, -0.1) is 0 Å². The third-order valence-electron chi connectivity index (χ3n) is 11.9. The van der Waals surface area contributed by atoms with Gasteiger partial charge >= 0.3 is 13.6 Å². The Balaban J connectivity index is 1.31. The fourth-order valence-corrected chi connectivity index (χ4v) is 10.4. The van der Waals surface area contributed by atoms with Crippen LogP contribution in [0.3, 0.4) is 0 Å². The number of fused-ring (bicyclic) bond motifs is 5. The minimum Gasteiger partial charge on any atom is -0.462 e. The number of ether oxygens (including phenoxy) is 1. The predicted octanol–water partition coefficient (Wildman–Crippen LogP) is 8.68. The van der Waals surface area contributed by atoms with Crippen LogP contribution < -0.4 is 0 Å². The van der Waals surface area contributed by atoms with E-state index in [4.69, 9.17) is 14.5 Å². The second kappa shape index (κ2) is 12.7. The molecular weight excluding hydrogens is 507 g/mol. The van der Waals surface area contributed by atoms with Crippen molar-refractivity contribution >= 4 is 13.6 Å². The molecule has 0 aliphatic heterocycles. The van der Waals surface area contributed by atoms with Crippen LogP contribution in [-0.2, 0) is 14.1 Å². The lowest BCUT2D eigenvalue weighted by atomic mass is 9.47. The van der Waals surface area contributed by atoms with Gasteiger partial charge < -0.3 is 14.5 Å². The summed E-state index contributed by atoms with van der Waals surface area (Å²) in [6.07, 6.45) is 18.5. The summed E-state index contributed by atoms with van der Waals surface area (Å²) < 4.78 is 16.9. The molecule has 6 heteroatoms.